The first kappa shape index (κ1) is 10.2. The van der Waals surface area contributed by atoms with Crippen LogP contribution in [-0.4, -0.2) is 15.5 Å². The molecule has 0 bridgehead atoms. The summed E-state index contributed by atoms with van der Waals surface area (Å²) in [4.78, 5) is 15.4. The van der Waals surface area contributed by atoms with E-state index >= 15 is 0 Å². The summed E-state index contributed by atoms with van der Waals surface area (Å²) < 4.78 is 1.41. The quantitative estimate of drug-likeness (QED) is 0.611. The fourth-order valence-electron chi connectivity index (χ4n) is 1.25. The van der Waals surface area contributed by atoms with E-state index in [4.69, 9.17) is 5.73 Å². The molecular formula is C12H11N3O. The summed E-state index contributed by atoms with van der Waals surface area (Å²) in [5.74, 6) is -0.130. The third kappa shape index (κ3) is 2.36. The molecule has 1 aromatic carbocycles. The van der Waals surface area contributed by atoms with Crippen LogP contribution in [0.4, 0.5) is 5.69 Å². The molecule has 2 rings (SSSR count). The lowest BCUT2D eigenvalue weighted by molar-refractivity contribution is 0.0969. The maximum Gasteiger partial charge on any atom is 0.255 e. The molecule has 0 fully saturated rings. The van der Waals surface area contributed by atoms with E-state index in [1.54, 1.807) is 30.6 Å². The van der Waals surface area contributed by atoms with Gasteiger partial charge in [0, 0.05) is 24.2 Å². The molecule has 0 saturated heterocycles. The Labute approximate surface area is 93.0 Å². The van der Waals surface area contributed by atoms with E-state index in [0.29, 0.717) is 5.69 Å². The minimum absolute atomic E-state index is 0.130. The van der Waals surface area contributed by atoms with Gasteiger partial charge in [0.25, 0.3) is 5.91 Å². The summed E-state index contributed by atoms with van der Waals surface area (Å²) in [5, 5.41) is 0. The number of nitrogens with two attached hydrogens (primary N) is 1. The highest BCUT2D eigenvalue weighted by Crippen LogP contribution is 2.07. The molecular weight excluding hydrogens is 202 g/mol. The zero-order valence-corrected chi connectivity index (χ0v) is 8.58. The number of nitrogen functional groups attached to an aromatic ring is 1. The van der Waals surface area contributed by atoms with Crippen LogP contribution in [0.3, 0.4) is 0 Å². The van der Waals surface area contributed by atoms with Crippen LogP contribution in [-0.2, 0) is 0 Å². The van der Waals surface area contributed by atoms with Crippen LogP contribution >= 0.6 is 0 Å². The summed E-state index contributed by atoms with van der Waals surface area (Å²) in [6, 6.07) is 7.29. The van der Waals surface area contributed by atoms with Crippen LogP contribution in [0, 0.1) is 0 Å². The highest BCUT2D eigenvalue weighted by atomic mass is 16.1. The van der Waals surface area contributed by atoms with Crippen LogP contribution in [0.1, 0.15) is 10.4 Å². The van der Waals surface area contributed by atoms with Crippen molar-refractivity contribution >= 4 is 17.7 Å². The summed E-state index contributed by atoms with van der Waals surface area (Å²) >= 11 is 0. The van der Waals surface area contributed by atoms with E-state index < -0.39 is 0 Å². The van der Waals surface area contributed by atoms with Crippen LogP contribution in [0.2, 0.25) is 0 Å². The van der Waals surface area contributed by atoms with Gasteiger partial charge in [0.15, 0.2) is 0 Å². The number of rotatable bonds is 2. The number of carbonyl (C=O) groups is 1. The molecule has 16 heavy (non-hydrogen) atoms. The molecule has 4 nitrogen and oxygen atoms in total. The van der Waals surface area contributed by atoms with Crippen LogP contribution in [0.15, 0.2) is 49.1 Å². The van der Waals surface area contributed by atoms with Gasteiger partial charge in [-0.2, -0.15) is 0 Å². The topological polar surface area (TPSA) is 60.9 Å². The Bertz CT molecular complexity index is 498. The van der Waals surface area contributed by atoms with Gasteiger partial charge in [-0.3, -0.25) is 9.36 Å². The number of carbonyl (C=O) groups excluding carboxylic acids is 1. The number of allylic oxidation sites excluding steroid dienone is 1. The standard InChI is InChI=1S/C12H11N3O/c13-11-4-1-10(2-5-11)3-6-12(16)15-8-7-14-9-15/h1-9H,13H2/b6-3+. The van der Waals surface area contributed by atoms with Crippen LogP contribution < -0.4 is 5.73 Å². The lowest BCUT2D eigenvalue weighted by atomic mass is 10.2. The number of imidazole rings is 1. The number of nitrogens with zero attached hydrogens (tertiary/aromatic N) is 2. The van der Waals surface area contributed by atoms with E-state index in [2.05, 4.69) is 4.98 Å². The summed E-state index contributed by atoms with van der Waals surface area (Å²) in [7, 11) is 0. The highest BCUT2D eigenvalue weighted by Gasteiger charge is 1.97. The average molecular weight is 213 g/mol. The van der Waals surface area contributed by atoms with Gasteiger partial charge in [0.05, 0.1) is 0 Å². The molecule has 4 heteroatoms. The maximum atomic E-state index is 11.6. The van der Waals surface area contributed by atoms with Gasteiger partial charge in [0.1, 0.15) is 6.33 Å². The van der Waals surface area contributed by atoms with Gasteiger partial charge in [0.2, 0.25) is 0 Å². The molecule has 80 valence electrons. The molecule has 0 saturated carbocycles. The normalized spacial score (nSPS) is 10.8. The Morgan fingerprint density at radius 1 is 1.31 bits per heavy atom. The molecule has 2 aromatic rings. The molecule has 2 N–H and O–H groups in total. The summed E-state index contributed by atoms with van der Waals surface area (Å²) in [6.07, 6.45) is 7.87. The van der Waals surface area contributed by atoms with Crippen molar-refractivity contribution in [3.05, 3.63) is 54.6 Å². The van der Waals surface area contributed by atoms with Crippen LogP contribution in [0.5, 0.6) is 0 Å². The first-order valence-electron chi connectivity index (χ1n) is 4.81. The molecule has 0 aliphatic carbocycles. The number of hydrogen-bond donors (Lipinski definition) is 1. The Hall–Kier alpha value is -2.36. The average Bonchev–Trinajstić information content (AvgIpc) is 2.81. The summed E-state index contributed by atoms with van der Waals surface area (Å²) in [5.41, 5.74) is 7.20. The molecule has 0 radical (unpaired) electrons. The Kier molecular flexibility index (Phi) is 2.82. The van der Waals surface area contributed by atoms with Gasteiger partial charge in [-0.25, -0.2) is 4.98 Å². The van der Waals surface area contributed by atoms with Crippen LogP contribution in [0.25, 0.3) is 6.08 Å². The van der Waals surface area contributed by atoms with Gasteiger partial charge in [-0.1, -0.05) is 12.1 Å². The molecule has 0 atom stereocenters. The Balaban J connectivity index is 2.10. The minimum atomic E-state index is -0.130. The molecule has 0 aliphatic heterocycles. The lowest BCUT2D eigenvalue weighted by Gasteiger charge is -1.95. The third-order valence-electron chi connectivity index (χ3n) is 2.11. The second kappa shape index (κ2) is 4.44. The molecule has 0 spiro atoms. The Morgan fingerprint density at radius 2 is 2.06 bits per heavy atom. The minimum Gasteiger partial charge on any atom is -0.399 e. The molecule has 0 amide bonds. The first-order valence-corrected chi connectivity index (χ1v) is 4.81. The maximum absolute atomic E-state index is 11.6. The highest BCUT2D eigenvalue weighted by molar-refractivity contribution is 5.93. The van der Waals surface area contributed by atoms with Gasteiger partial charge in [-0.15, -0.1) is 0 Å². The van der Waals surface area contributed by atoms with Gasteiger partial charge in [-0.05, 0) is 23.8 Å². The smallest absolute Gasteiger partial charge is 0.255 e. The third-order valence-corrected chi connectivity index (χ3v) is 2.11. The van der Waals surface area contributed by atoms with Crippen molar-refractivity contribution in [2.75, 3.05) is 5.73 Å². The van der Waals surface area contributed by atoms with E-state index in [9.17, 15) is 4.79 Å². The van der Waals surface area contributed by atoms with E-state index in [0.717, 1.165) is 5.56 Å². The van der Waals surface area contributed by atoms with Gasteiger partial charge < -0.3 is 5.73 Å². The van der Waals surface area contributed by atoms with Crippen molar-refractivity contribution in [2.45, 2.75) is 0 Å². The number of anilines is 1. The first-order chi connectivity index (χ1) is 7.75. The zero-order chi connectivity index (χ0) is 11.4. The molecule has 0 aliphatic rings. The second-order valence-corrected chi connectivity index (χ2v) is 3.31. The Morgan fingerprint density at radius 3 is 2.69 bits per heavy atom. The van der Waals surface area contributed by atoms with E-state index in [1.165, 1.54) is 17.0 Å². The second-order valence-electron chi connectivity index (χ2n) is 3.31. The van der Waals surface area contributed by atoms with Crippen molar-refractivity contribution in [1.29, 1.82) is 0 Å². The summed E-state index contributed by atoms with van der Waals surface area (Å²) in [6.45, 7) is 0. The monoisotopic (exact) mass is 213 g/mol. The fourth-order valence-corrected chi connectivity index (χ4v) is 1.25. The van der Waals surface area contributed by atoms with Crippen molar-refractivity contribution in [1.82, 2.24) is 9.55 Å². The van der Waals surface area contributed by atoms with Crippen molar-refractivity contribution in [2.24, 2.45) is 0 Å². The molecule has 0 unspecified atom stereocenters. The number of hydrogen-bond acceptors (Lipinski definition) is 3. The van der Waals surface area contributed by atoms with E-state index in [-0.39, 0.29) is 5.91 Å². The molecule has 1 heterocycles. The number of benzene rings is 1. The predicted octanol–water partition coefficient (Wildman–Crippen LogP) is 1.82. The molecule has 1 aromatic heterocycles. The zero-order valence-electron chi connectivity index (χ0n) is 8.58. The predicted molar refractivity (Wildman–Crippen MR) is 62.7 cm³/mol. The largest absolute Gasteiger partial charge is 0.399 e. The van der Waals surface area contributed by atoms with Gasteiger partial charge >= 0.3 is 0 Å². The van der Waals surface area contributed by atoms with Crippen molar-refractivity contribution in [3.8, 4) is 0 Å². The lowest BCUT2D eigenvalue weighted by Crippen LogP contribution is -2.03. The fraction of sp³-hybridized carbons (Fsp3) is 0. The SMILES string of the molecule is Nc1ccc(/C=C/C(=O)n2ccnc2)cc1. The van der Waals surface area contributed by atoms with Crippen molar-refractivity contribution < 1.29 is 4.79 Å². The van der Waals surface area contributed by atoms with Crippen molar-refractivity contribution in [3.63, 3.8) is 0 Å². The number of aromatic nitrogens is 2. The van der Waals surface area contributed by atoms with E-state index in [1.807, 2.05) is 12.1 Å².